The summed E-state index contributed by atoms with van der Waals surface area (Å²) in [5.41, 5.74) is -0.680. The van der Waals surface area contributed by atoms with Gasteiger partial charge in [0.05, 0.1) is 10.8 Å². The fourth-order valence-electron chi connectivity index (χ4n) is 1.95. The van der Waals surface area contributed by atoms with E-state index in [4.69, 9.17) is 0 Å². The number of allylic oxidation sites excluding steroid dienone is 4. The fraction of sp³-hybridized carbons (Fsp3) is 0.526. The summed E-state index contributed by atoms with van der Waals surface area (Å²) in [6.45, 7) is 11.1. The van der Waals surface area contributed by atoms with Crippen LogP contribution < -0.4 is 10.0 Å². The second kappa shape index (κ2) is 11.2. The van der Waals surface area contributed by atoms with Crippen molar-refractivity contribution in [1.29, 1.82) is 0 Å². The third-order valence-electron chi connectivity index (χ3n) is 3.64. The molecule has 0 bridgehead atoms. The SMILES string of the molecule is C=C(/C=C\C(=C(C)C)C(F)(F)F)NC(=O)C/C=C\C(CC)NS(=O)(=O)C(C)C. The van der Waals surface area contributed by atoms with E-state index in [0.29, 0.717) is 6.42 Å². The van der Waals surface area contributed by atoms with Gasteiger partial charge in [0.2, 0.25) is 15.9 Å². The summed E-state index contributed by atoms with van der Waals surface area (Å²) in [6.07, 6.45) is 0.971. The van der Waals surface area contributed by atoms with Crippen LogP contribution in [0.4, 0.5) is 13.2 Å². The summed E-state index contributed by atoms with van der Waals surface area (Å²) in [6, 6.07) is -0.449. The molecule has 0 saturated heterocycles. The van der Waals surface area contributed by atoms with Crippen molar-refractivity contribution in [2.24, 2.45) is 0 Å². The van der Waals surface area contributed by atoms with Crippen LogP contribution in [0.15, 0.2) is 47.7 Å². The maximum atomic E-state index is 12.8. The Kier molecular flexibility index (Phi) is 10.5. The molecule has 0 heterocycles. The molecule has 0 aliphatic heterocycles. The summed E-state index contributed by atoms with van der Waals surface area (Å²) in [4.78, 5) is 11.9. The first-order valence-electron chi connectivity index (χ1n) is 8.80. The maximum absolute atomic E-state index is 12.8. The predicted octanol–water partition coefficient (Wildman–Crippen LogP) is 4.12. The summed E-state index contributed by atoms with van der Waals surface area (Å²) in [5.74, 6) is -0.474. The van der Waals surface area contributed by atoms with Crippen LogP contribution in [-0.4, -0.2) is 31.8 Å². The third kappa shape index (κ3) is 9.89. The topological polar surface area (TPSA) is 75.3 Å². The summed E-state index contributed by atoms with van der Waals surface area (Å²) >= 11 is 0. The molecular formula is C19H29F3N2O3S. The molecule has 1 unspecified atom stereocenters. The molecule has 9 heteroatoms. The normalized spacial score (nSPS) is 13.9. The second-order valence-electron chi connectivity index (χ2n) is 6.68. The molecule has 160 valence electrons. The minimum absolute atomic E-state index is 0.0222. The van der Waals surface area contributed by atoms with E-state index in [0.717, 1.165) is 12.2 Å². The minimum atomic E-state index is -4.49. The predicted molar refractivity (Wildman–Crippen MR) is 106 cm³/mol. The van der Waals surface area contributed by atoms with E-state index >= 15 is 0 Å². The van der Waals surface area contributed by atoms with E-state index < -0.39 is 39.0 Å². The molecule has 0 saturated carbocycles. The number of rotatable bonds is 10. The highest BCUT2D eigenvalue weighted by molar-refractivity contribution is 7.90. The molecule has 0 aliphatic rings. The highest BCUT2D eigenvalue weighted by Gasteiger charge is 2.32. The first-order valence-corrected chi connectivity index (χ1v) is 10.3. The van der Waals surface area contributed by atoms with Gasteiger partial charge in [-0.15, -0.1) is 0 Å². The first kappa shape index (κ1) is 26.1. The zero-order valence-corrected chi connectivity index (χ0v) is 17.7. The number of carbonyl (C=O) groups excluding carboxylic acids is 1. The Balaban J connectivity index is 4.78. The van der Waals surface area contributed by atoms with Crippen molar-refractivity contribution in [3.63, 3.8) is 0 Å². The van der Waals surface area contributed by atoms with Gasteiger partial charge in [-0.1, -0.05) is 31.2 Å². The van der Waals surface area contributed by atoms with Gasteiger partial charge in [0.1, 0.15) is 0 Å². The lowest BCUT2D eigenvalue weighted by atomic mass is 10.1. The Hall–Kier alpha value is -1.87. The van der Waals surface area contributed by atoms with Crippen LogP contribution in [0.25, 0.3) is 0 Å². The van der Waals surface area contributed by atoms with Gasteiger partial charge in [-0.3, -0.25) is 4.79 Å². The standard InChI is InChI=1S/C19H29F3N2O3S/c1-7-16(24-28(26,27)14(4)5)9-8-10-18(25)23-15(6)11-12-17(13(2)3)19(20,21)22/h8-9,11-12,14,16,24H,6-7,10H2,1-5H3,(H,23,25)/b9-8-,12-11-. The van der Waals surface area contributed by atoms with Crippen LogP contribution in [0.3, 0.4) is 0 Å². The first-order chi connectivity index (χ1) is 12.7. The fourth-order valence-corrected chi connectivity index (χ4v) is 2.88. The van der Waals surface area contributed by atoms with Gasteiger partial charge in [0.25, 0.3) is 0 Å². The van der Waals surface area contributed by atoms with E-state index in [9.17, 15) is 26.4 Å². The van der Waals surface area contributed by atoms with Gasteiger partial charge in [-0.25, -0.2) is 13.1 Å². The molecule has 0 aromatic rings. The zero-order chi connectivity index (χ0) is 22.1. The van der Waals surface area contributed by atoms with E-state index in [1.54, 1.807) is 26.8 Å². The molecular weight excluding hydrogens is 393 g/mol. The van der Waals surface area contributed by atoms with Crippen molar-refractivity contribution >= 4 is 15.9 Å². The van der Waals surface area contributed by atoms with E-state index in [2.05, 4.69) is 16.6 Å². The van der Waals surface area contributed by atoms with Crippen molar-refractivity contribution in [3.05, 3.63) is 47.7 Å². The van der Waals surface area contributed by atoms with Crippen LogP contribution in [0, 0.1) is 0 Å². The monoisotopic (exact) mass is 422 g/mol. The van der Waals surface area contributed by atoms with Crippen LogP contribution in [0.5, 0.6) is 0 Å². The molecule has 0 aliphatic carbocycles. The van der Waals surface area contributed by atoms with Gasteiger partial charge in [-0.2, -0.15) is 13.2 Å². The van der Waals surface area contributed by atoms with Crippen molar-refractivity contribution in [3.8, 4) is 0 Å². The number of carbonyl (C=O) groups is 1. The Morgan fingerprint density at radius 1 is 1.18 bits per heavy atom. The lowest BCUT2D eigenvalue weighted by Gasteiger charge is -2.15. The Labute approximate surface area is 165 Å². The summed E-state index contributed by atoms with van der Waals surface area (Å²) in [7, 11) is -3.44. The molecule has 0 radical (unpaired) electrons. The lowest BCUT2D eigenvalue weighted by Crippen LogP contribution is -2.37. The molecule has 0 fully saturated rings. The van der Waals surface area contributed by atoms with Gasteiger partial charge in [0, 0.05) is 18.2 Å². The maximum Gasteiger partial charge on any atom is 0.416 e. The molecule has 1 atom stereocenters. The lowest BCUT2D eigenvalue weighted by molar-refractivity contribution is -0.119. The number of amides is 1. The van der Waals surface area contributed by atoms with E-state index in [1.165, 1.54) is 19.9 Å². The summed E-state index contributed by atoms with van der Waals surface area (Å²) in [5, 5.41) is 1.81. The molecule has 0 rings (SSSR count). The number of nitrogens with one attached hydrogen (secondary N) is 2. The quantitative estimate of drug-likeness (QED) is 0.411. The molecule has 5 nitrogen and oxygen atoms in total. The Morgan fingerprint density at radius 2 is 1.75 bits per heavy atom. The molecule has 28 heavy (non-hydrogen) atoms. The molecule has 0 spiro atoms. The number of hydrogen-bond donors (Lipinski definition) is 2. The van der Waals surface area contributed by atoms with Crippen molar-refractivity contribution in [2.75, 3.05) is 0 Å². The van der Waals surface area contributed by atoms with Crippen LogP contribution in [0.2, 0.25) is 0 Å². The minimum Gasteiger partial charge on any atom is -0.326 e. The Bertz CT molecular complexity index is 745. The van der Waals surface area contributed by atoms with Gasteiger partial charge in [0.15, 0.2) is 0 Å². The highest BCUT2D eigenvalue weighted by Crippen LogP contribution is 2.29. The average Bonchev–Trinajstić information content (AvgIpc) is 2.51. The van der Waals surface area contributed by atoms with Crippen molar-refractivity contribution < 1.29 is 26.4 Å². The van der Waals surface area contributed by atoms with Crippen LogP contribution >= 0.6 is 0 Å². The van der Waals surface area contributed by atoms with Gasteiger partial charge < -0.3 is 5.32 Å². The van der Waals surface area contributed by atoms with Crippen LogP contribution in [-0.2, 0) is 14.8 Å². The highest BCUT2D eigenvalue weighted by atomic mass is 32.2. The average molecular weight is 423 g/mol. The Morgan fingerprint density at radius 3 is 2.18 bits per heavy atom. The van der Waals surface area contributed by atoms with Gasteiger partial charge in [-0.05, 0) is 46.3 Å². The van der Waals surface area contributed by atoms with Gasteiger partial charge >= 0.3 is 6.18 Å². The number of hydrogen-bond acceptors (Lipinski definition) is 3. The largest absolute Gasteiger partial charge is 0.416 e. The van der Waals surface area contributed by atoms with Crippen molar-refractivity contribution in [1.82, 2.24) is 10.0 Å². The second-order valence-corrected chi connectivity index (χ2v) is 8.95. The smallest absolute Gasteiger partial charge is 0.326 e. The number of halogens is 3. The van der Waals surface area contributed by atoms with Crippen LogP contribution in [0.1, 0.15) is 47.5 Å². The molecule has 1 amide bonds. The molecule has 0 aromatic carbocycles. The van der Waals surface area contributed by atoms with E-state index in [1.807, 2.05) is 0 Å². The molecule has 0 aromatic heterocycles. The third-order valence-corrected chi connectivity index (χ3v) is 5.52. The number of alkyl halides is 3. The molecule has 2 N–H and O–H groups in total. The summed E-state index contributed by atoms with van der Waals surface area (Å²) < 4.78 is 64.8. The van der Waals surface area contributed by atoms with Crippen molar-refractivity contribution in [2.45, 2.75) is 64.9 Å². The van der Waals surface area contributed by atoms with E-state index in [-0.39, 0.29) is 17.7 Å². The zero-order valence-electron chi connectivity index (χ0n) is 16.9. The number of sulfonamides is 1.